The third-order valence-corrected chi connectivity index (χ3v) is 8.87. The molecule has 0 fully saturated rings. The zero-order chi connectivity index (χ0) is 29.6. The van der Waals surface area contributed by atoms with Gasteiger partial charge in [-0.15, -0.1) is 0 Å². The van der Waals surface area contributed by atoms with Crippen molar-refractivity contribution in [3.05, 3.63) is 157 Å². The predicted molar refractivity (Wildman–Crippen MR) is 186 cm³/mol. The van der Waals surface area contributed by atoms with Crippen molar-refractivity contribution in [1.29, 1.82) is 0 Å². The van der Waals surface area contributed by atoms with Gasteiger partial charge in [-0.1, -0.05) is 115 Å². The maximum Gasteiger partial charge on any atom is 0.0373 e. The third-order valence-electron chi connectivity index (χ3n) is 8.87. The summed E-state index contributed by atoms with van der Waals surface area (Å²) < 4.78 is 0. The molecule has 0 unspecified atom stereocenters. The molecule has 0 bridgehead atoms. The van der Waals surface area contributed by atoms with Gasteiger partial charge in [-0.05, 0) is 97.2 Å². The molecule has 0 aliphatic heterocycles. The van der Waals surface area contributed by atoms with E-state index in [1.54, 1.807) is 0 Å². The molecule has 0 atom stereocenters. The number of fused-ring (bicyclic) bond motifs is 3. The zero-order valence-electron chi connectivity index (χ0n) is 24.8. The maximum atomic E-state index is 4.59. The molecule has 8 rings (SSSR count). The van der Waals surface area contributed by atoms with Crippen LogP contribution >= 0.6 is 0 Å². The van der Waals surface area contributed by atoms with Crippen LogP contribution in [0.1, 0.15) is 11.3 Å². The summed E-state index contributed by atoms with van der Waals surface area (Å²) in [6.07, 6.45) is 5.79. The van der Waals surface area contributed by atoms with Crippen LogP contribution in [0.3, 0.4) is 0 Å². The SMILES string of the molecule is Cc1ccc(-c2ccc(-c3c4ccccc4c(-c4ccc(-c5cnccc5C)cc4)c4ccccc34)c3ccccc23)cn1. The lowest BCUT2D eigenvalue weighted by molar-refractivity contribution is 1.20. The molecule has 0 aliphatic rings. The molecule has 0 amide bonds. The Kier molecular flexibility index (Phi) is 6.27. The van der Waals surface area contributed by atoms with Gasteiger partial charge in [-0.3, -0.25) is 9.97 Å². The van der Waals surface area contributed by atoms with Gasteiger partial charge in [0.15, 0.2) is 0 Å². The first-order chi connectivity index (χ1) is 21.7. The zero-order valence-corrected chi connectivity index (χ0v) is 24.8. The molecule has 0 aliphatic carbocycles. The molecule has 2 aromatic heterocycles. The maximum absolute atomic E-state index is 4.59. The lowest BCUT2D eigenvalue weighted by Crippen LogP contribution is -1.93. The fourth-order valence-corrected chi connectivity index (χ4v) is 6.71. The van der Waals surface area contributed by atoms with Crippen molar-refractivity contribution in [2.24, 2.45) is 0 Å². The molecule has 0 saturated heterocycles. The normalized spacial score (nSPS) is 11.4. The highest BCUT2D eigenvalue weighted by molar-refractivity contribution is 6.24. The highest BCUT2D eigenvalue weighted by Crippen LogP contribution is 2.46. The molecule has 6 aromatic carbocycles. The van der Waals surface area contributed by atoms with E-state index in [0.29, 0.717) is 0 Å². The van der Waals surface area contributed by atoms with E-state index in [-0.39, 0.29) is 0 Å². The summed E-state index contributed by atoms with van der Waals surface area (Å²) in [4.78, 5) is 8.95. The van der Waals surface area contributed by atoms with Gasteiger partial charge in [-0.25, -0.2) is 0 Å². The van der Waals surface area contributed by atoms with Gasteiger partial charge in [0.05, 0.1) is 0 Å². The van der Waals surface area contributed by atoms with Crippen LogP contribution < -0.4 is 0 Å². The summed E-state index contributed by atoms with van der Waals surface area (Å²) in [7, 11) is 0. The Hall–Kier alpha value is -5.60. The fourth-order valence-electron chi connectivity index (χ4n) is 6.71. The number of benzene rings is 6. The third kappa shape index (κ3) is 4.27. The minimum atomic E-state index is 1.02. The van der Waals surface area contributed by atoms with Crippen molar-refractivity contribution in [2.75, 3.05) is 0 Å². The molecule has 0 saturated carbocycles. The van der Waals surface area contributed by atoms with Crippen LogP contribution in [0.4, 0.5) is 0 Å². The van der Waals surface area contributed by atoms with Gasteiger partial charge in [0.1, 0.15) is 0 Å². The molecule has 44 heavy (non-hydrogen) atoms. The second-order valence-electron chi connectivity index (χ2n) is 11.5. The molecule has 2 nitrogen and oxygen atoms in total. The molecule has 0 N–H and O–H groups in total. The Morgan fingerprint density at radius 1 is 0.386 bits per heavy atom. The molecule has 208 valence electrons. The number of hydrogen-bond acceptors (Lipinski definition) is 2. The second kappa shape index (κ2) is 10.6. The monoisotopic (exact) mass is 562 g/mol. The van der Waals surface area contributed by atoms with E-state index in [0.717, 1.165) is 11.3 Å². The number of rotatable bonds is 4. The Morgan fingerprint density at radius 2 is 0.909 bits per heavy atom. The van der Waals surface area contributed by atoms with E-state index >= 15 is 0 Å². The topological polar surface area (TPSA) is 25.8 Å². The van der Waals surface area contributed by atoms with Crippen molar-refractivity contribution < 1.29 is 0 Å². The van der Waals surface area contributed by atoms with Crippen LogP contribution in [0.25, 0.3) is 76.8 Å². The predicted octanol–water partition coefficient (Wildman–Crippen LogP) is 11.2. The quantitative estimate of drug-likeness (QED) is 0.199. The van der Waals surface area contributed by atoms with Crippen LogP contribution in [0.2, 0.25) is 0 Å². The van der Waals surface area contributed by atoms with Crippen molar-refractivity contribution in [3.8, 4) is 44.5 Å². The van der Waals surface area contributed by atoms with Crippen molar-refractivity contribution in [1.82, 2.24) is 9.97 Å². The first-order valence-electron chi connectivity index (χ1n) is 15.1. The summed E-state index contributed by atoms with van der Waals surface area (Å²) in [5, 5.41) is 7.48. The Labute approximate surface area is 257 Å². The van der Waals surface area contributed by atoms with E-state index in [1.807, 2.05) is 25.5 Å². The molecule has 2 heteroatoms. The number of hydrogen-bond donors (Lipinski definition) is 0. The van der Waals surface area contributed by atoms with Gasteiger partial charge in [0.2, 0.25) is 0 Å². The Balaban J connectivity index is 1.38. The number of pyridine rings is 2. The minimum Gasteiger partial charge on any atom is -0.264 e. The minimum absolute atomic E-state index is 1.02. The summed E-state index contributed by atoms with van der Waals surface area (Å²) >= 11 is 0. The molecule has 8 aromatic rings. The van der Waals surface area contributed by atoms with E-state index < -0.39 is 0 Å². The average molecular weight is 563 g/mol. The Morgan fingerprint density at radius 3 is 1.50 bits per heavy atom. The summed E-state index contributed by atoms with van der Waals surface area (Å²) in [5.41, 5.74) is 11.9. The molecular formula is C42H30N2. The highest BCUT2D eigenvalue weighted by Gasteiger charge is 2.19. The lowest BCUT2D eigenvalue weighted by atomic mass is 9.83. The molecule has 0 radical (unpaired) electrons. The first-order valence-corrected chi connectivity index (χ1v) is 15.1. The summed E-state index contributed by atoms with van der Waals surface area (Å²) in [5.74, 6) is 0. The van der Waals surface area contributed by atoms with Gasteiger partial charge < -0.3 is 0 Å². The van der Waals surface area contributed by atoms with Gasteiger partial charge in [0, 0.05) is 35.4 Å². The fraction of sp³-hybridized carbons (Fsp3) is 0.0476. The van der Waals surface area contributed by atoms with E-state index in [1.165, 1.54) is 76.8 Å². The average Bonchev–Trinajstić information content (AvgIpc) is 3.08. The lowest BCUT2D eigenvalue weighted by Gasteiger charge is -2.20. The van der Waals surface area contributed by atoms with Gasteiger partial charge in [-0.2, -0.15) is 0 Å². The Bertz CT molecular complexity index is 2270. The van der Waals surface area contributed by atoms with Crippen LogP contribution in [0, 0.1) is 13.8 Å². The standard InChI is InChI=1S/C42H30N2/c1-27-23-24-43-26-40(27)29-17-19-30(20-18-29)41-35-11-5-7-13-37(35)42(38-14-8-6-12-36(38)41)39-22-21-32(31-16-15-28(2)44-25-31)33-9-3-4-10-34(33)39/h3-26H,1-2H3. The van der Waals surface area contributed by atoms with E-state index in [9.17, 15) is 0 Å². The summed E-state index contributed by atoms with van der Waals surface area (Å²) in [6, 6.07) is 46.4. The number of aryl methyl sites for hydroxylation is 2. The van der Waals surface area contributed by atoms with Crippen LogP contribution in [-0.4, -0.2) is 9.97 Å². The van der Waals surface area contributed by atoms with E-state index in [2.05, 4.69) is 144 Å². The van der Waals surface area contributed by atoms with E-state index in [4.69, 9.17) is 0 Å². The second-order valence-corrected chi connectivity index (χ2v) is 11.5. The smallest absolute Gasteiger partial charge is 0.0373 e. The van der Waals surface area contributed by atoms with Crippen LogP contribution in [-0.2, 0) is 0 Å². The number of aromatic nitrogens is 2. The molecular weight excluding hydrogens is 532 g/mol. The highest BCUT2D eigenvalue weighted by atomic mass is 14.7. The first kappa shape index (κ1) is 26.1. The van der Waals surface area contributed by atoms with Crippen molar-refractivity contribution >= 4 is 32.3 Å². The largest absolute Gasteiger partial charge is 0.264 e. The summed E-state index contributed by atoms with van der Waals surface area (Å²) in [6.45, 7) is 4.17. The van der Waals surface area contributed by atoms with Crippen molar-refractivity contribution in [2.45, 2.75) is 13.8 Å². The van der Waals surface area contributed by atoms with Crippen LogP contribution in [0.15, 0.2) is 146 Å². The number of nitrogens with zero attached hydrogens (tertiary/aromatic N) is 2. The van der Waals surface area contributed by atoms with Crippen molar-refractivity contribution in [3.63, 3.8) is 0 Å². The van der Waals surface area contributed by atoms with Crippen LogP contribution in [0.5, 0.6) is 0 Å². The van der Waals surface area contributed by atoms with Gasteiger partial charge >= 0.3 is 0 Å². The van der Waals surface area contributed by atoms with Gasteiger partial charge in [0.25, 0.3) is 0 Å². The molecule has 2 heterocycles. The molecule has 0 spiro atoms.